The molecule has 0 aromatic heterocycles. The Kier molecular flexibility index (Phi) is 7.73. The number of ether oxygens (including phenoxy) is 1. The lowest BCUT2D eigenvalue weighted by molar-refractivity contribution is -0.132. The standard InChI is InChI=1S/C20H32N2O2/c1-16(2)13-19(22-11-7-8-12-22)14-21-20(23)17(3)24-15-18-9-5-4-6-10-18/h4-6,9-10,16-17,19H,7-8,11-15H2,1-3H3,(H,21,23)/t17-,19+/m0/s1. The summed E-state index contributed by atoms with van der Waals surface area (Å²) in [6.45, 7) is 9.83. The Morgan fingerprint density at radius 1 is 1.17 bits per heavy atom. The Labute approximate surface area is 146 Å². The highest BCUT2D eigenvalue weighted by atomic mass is 16.5. The van der Waals surface area contributed by atoms with Crippen molar-refractivity contribution < 1.29 is 9.53 Å². The summed E-state index contributed by atoms with van der Waals surface area (Å²) in [6, 6.07) is 10.4. The van der Waals surface area contributed by atoms with Gasteiger partial charge in [-0.15, -0.1) is 0 Å². The van der Waals surface area contributed by atoms with E-state index in [9.17, 15) is 4.79 Å². The molecule has 1 amide bonds. The van der Waals surface area contributed by atoms with Crippen LogP contribution in [0.4, 0.5) is 0 Å². The number of benzene rings is 1. The van der Waals surface area contributed by atoms with E-state index in [2.05, 4.69) is 24.1 Å². The van der Waals surface area contributed by atoms with Crippen molar-refractivity contribution in [1.29, 1.82) is 0 Å². The molecular formula is C20H32N2O2. The van der Waals surface area contributed by atoms with Gasteiger partial charge in [0.05, 0.1) is 6.61 Å². The first-order valence-electron chi connectivity index (χ1n) is 9.23. The van der Waals surface area contributed by atoms with Crippen LogP contribution in [0.1, 0.15) is 45.6 Å². The zero-order valence-corrected chi connectivity index (χ0v) is 15.3. The lowest BCUT2D eigenvalue weighted by atomic mass is 10.0. The first-order valence-corrected chi connectivity index (χ1v) is 9.23. The zero-order chi connectivity index (χ0) is 17.4. The minimum absolute atomic E-state index is 0.0149. The average Bonchev–Trinajstić information content (AvgIpc) is 3.11. The van der Waals surface area contributed by atoms with Gasteiger partial charge in [0.2, 0.25) is 5.91 Å². The third-order valence-electron chi connectivity index (χ3n) is 4.62. The van der Waals surface area contributed by atoms with Gasteiger partial charge in [-0.3, -0.25) is 9.69 Å². The second-order valence-corrected chi connectivity index (χ2v) is 7.21. The normalized spacial score (nSPS) is 17.8. The number of hydrogen-bond donors (Lipinski definition) is 1. The van der Waals surface area contributed by atoms with Crippen LogP contribution >= 0.6 is 0 Å². The van der Waals surface area contributed by atoms with Gasteiger partial charge in [0, 0.05) is 12.6 Å². The quantitative estimate of drug-likeness (QED) is 0.755. The van der Waals surface area contributed by atoms with Gasteiger partial charge in [0.25, 0.3) is 0 Å². The van der Waals surface area contributed by atoms with Gasteiger partial charge in [-0.2, -0.15) is 0 Å². The molecule has 24 heavy (non-hydrogen) atoms. The Morgan fingerprint density at radius 3 is 2.46 bits per heavy atom. The van der Waals surface area contributed by atoms with E-state index in [1.165, 1.54) is 12.8 Å². The molecule has 4 nitrogen and oxygen atoms in total. The topological polar surface area (TPSA) is 41.6 Å². The molecule has 1 aliphatic heterocycles. The molecule has 2 rings (SSSR count). The molecule has 1 aromatic carbocycles. The predicted octanol–water partition coefficient (Wildman–Crippen LogP) is 3.22. The molecule has 0 radical (unpaired) electrons. The van der Waals surface area contributed by atoms with Crippen LogP contribution in [-0.4, -0.2) is 42.6 Å². The molecule has 0 saturated carbocycles. The molecule has 1 aromatic rings. The molecule has 0 unspecified atom stereocenters. The molecule has 2 atom stereocenters. The van der Waals surface area contributed by atoms with Crippen LogP contribution in [0.2, 0.25) is 0 Å². The highest BCUT2D eigenvalue weighted by molar-refractivity contribution is 5.80. The number of nitrogens with zero attached hydrogens (tertiary/aromatic N) is 1. The van der Waals surface area contributed by atoms with Gasteiger partial charge in [-0.25, -0.2) is 0 Å². The van der Waals surface area contributed by atoms with Gasteiger partial charge in [0.1, 0.15) is 6.10 Å². The summed E-state index contributed by atoms with van der Waals surface area (Å²) in [4.78, 5) is 14.8. The summed E-state index contributed by atoms with van der Waals surface area (Å²) in [5, 5.41) is 3.10. The van der Waals surface area contributed by atoms with Crippen LogP contribution in [0.25, 0.3) is 0 Å². The van der Waals surface area contributed by atoms with Crippen molar-refractivity contribution in [3.8, 4) is 0 Å². The van der Waals surface area contributed by atoms with Gasteiger partial charge < -0.3 is 10.1 Å². The van der Waals surface area contributed by atoms with E-state index in [-0.39, 0.29) is 5.91 Å². The lowest BCUT2D eigenvalue weighted by Gasteiger charge is -2.29. The lowest BCUT2D eigenvalue weighted by Crippen LogP contribution is -2.45. The fourth-order valence-electron chi connectivity index (χ4n) is 3.25. The van der Waals surface area contributed by atoms with Gasteiger partial charge >= 0.3 is 0 Å². The number of hydrogen-bond acceptors (Lipinski definition) is 3. The summed E-state index contributed by atoms with van der Waals surface area (Å²) in [5.41, 5.74) is 1.09. The summed E-state index contributed by atoms with van der Waals surface area (Å²) < 4.78 is 5.70. The predicted molar refractivity (Wildman–Crippen MR) is 97.8 cm³/mol. The van der Waals surface area contributed by atoms with Crippen LogP contribution in [0.15, 0.2) is 30.3 Å². The molecule has 1 saturated heterocycles. The number of nitrogens with one attached hydrogen (secondary N) is 1. The Hall–Kier alpha value is -1.39. The van der Waals surface area contributed by atoms with Crippen molar-refractivity contribution in [3.05, 3.63) is 35.9 Å². The third kappa shape index (κ3) is 6.25. The first kappa shape index (κ1) is 18.9. The molecule has 4 heteroatoms. The van der Waals surface area contributed by atoms with Gasteiger partial charge in [-0.1, -0.05) is 44.2 Å². The fraction of sp³-hybridized carbons (Fsp3) is 0.650. The highest BCUT2D eigenvalue weighted by Gasteiger charge is 2.24. The summed E-state index contributed by atoms with van der Waals surface area (Å²) in [6.07, 6.45) is 3.25. The van der Waals surface area contributed by atoms with Crippen molar-refractivity contribution >= 4 is 5.91 Å². The number of carbonyl (C=O) groups excluding carboxylic acids is 1. The minimum atomic E-state index is -0.427. The fourth-order valence-corrected chi connectivity index (χ4v) is 3.25. The third-order valence-corrected chi connectivity index (χ3v) is 4.62. The van der Waals surface area contributed by atoms with Gasteiger partial charge in [0.15, 0.2) is 0 Å². The molecule has 0 bridgehead atoms. The highest BCUT2D eigenvalue weighted by Crippen LogP contribution is 2.17. The SMILES string of the molecule is CC(C)C[C@H](CNC(=O)[C@H](C)OCc1ccccc1)N1CCCC1. The van der Waals surface area contributed by atoms with Crippen LogP contribution in [-0.2, 0) is 16.1 Å². The molecule has 1 aliphatic rings. The second kappa shape index (κ2) is 9.80. The van der Waals surface area contributed by atoms with Crippen molar-refractivity contribution in [2.75, 3.05) is 19.6 Å². The van der Waals surface area contributed by atoms with E-state index >= 15 is 0 Å². The first-order chi connectivity index (χ1) is 11.6. The largest absolute Gasteiger partial charge is 0.364 e. The molecular weight excluding hydrogens is 300 g/mol. The Morgan fingerprint density at radius 2 is 1.83 bits per heavy atom. The maximum Gasteiger partial charge on any atom is 0.248 e. The minimum Gasteiger partial charge on any atom is -0.364 e. The van der Waals surface area contributed by atoms with Crippen molar-refractivity contribution in [2.24, 2.45) is 5.92 Å². The van der Waals surface area contributed by atoms with E-state index in [1.54, 1.807) is 0 Å². The van der Waals surface area contributed by atoms with Gasteiger partial charge in [-0.05, 0) is 50.8 Å². The molecule has 1 fully saturated rings. The second-order valence-electron chi connectivity index (χ2n) is 7.21. The van der Waals surface area contributed by atoms with E-state index in [0.717, 1.165) is 31.6 Å². The van der Waals surface area contributed by atoms with Crippen molar-refractivity contribution in [2.45, 2.75) is 58.8 Å². The molecule has 1 heterocycles. The van der Waals surface area contributed by atoms with Crippen LogP contribution in [0.3, 0.4) is 0 Å². The van der Waals surface area contributed by atoms with E-state index in [1.807, 2.05) is 37.3 Å². The summed E-state index contributed by atoms with van der Waals surface area (Å²) in [7, 11) is 0. The summed E-state index contributed by atoms with van der Waals surface area (Å²) in [5.74, 6) is 0.623. The number of amides is 1. The number of carbonyl (C=O) groups is 1. The van der Waals surface area contributed by atoms with Crippen LogP contribution < -0.4 is 5.32 Å². The molecule has 134 valence electrons. The number of likely N-dealkylation sites (tertiary alicyclic amines) is 1. The number of rotatable bonds is 9. The summed E-state index contributed by atoms with van der Waals surface area (Å²) >= 11 is 0. The molecule has 0 aliphatic carbocycles. The molecule has 0 spiro atoms. The monoisotopic (exact) mass is 332 g/mol. The zero-order valence-electron chi connectivity index (χ0n) is 15.3. The van der Waals surface area contributed by atoms with E-state index < -0.39 is 6.10 Å². The van der Waals surface area contributed by atoms with E-state index in [4.69, 9.17) is 4.74 Å². The van der Waals surface area contributed by atoms with Crippen molar-refractivity contribution in [1.82, 2.24) is 10.2 Å². The van der Waals surface area contributed by atoms with Crippen molar-refractivity contribution in [3.63, 3.8) is 0 Å². The Balaban J connectivity index is 1.76. The average molecular weight is 332 g/mol. The van der Waals surface area contributed by atoms with Crippen LogP contribution in [0, 0.1) is 5.92 Å². The Bertz CT molecular complexity index is 484. The maximum absolute atomic E-state index is 12.3. The smallest absolute Gasteiger partial charge is 0.248 e. The molecule has 1 N–H and O–H groups in total. The maximum atomic E-state index is 12.3. The van der Waals surface area contributed by atoms with Crippen LogP contribution in [0.5, 0.6) is 0 Å². The van der Waals surface area contributed by atoms with E-state index in [0.29, 0.717) is 18.6 Å².